The first-order chi connectivity index (χ1) is 13.5. The first-order valence-corrected chi connectivity index (χ1v) is 11.8. The molecule has 1 amide bonds. The van der Waals surface area contributed by atoms with Crippen molar-refractivity contribution in [2.45, 2.75) is 24.2 Å². The zero-order valence-corrected chi connectivity index (χ0v) is 18.0. The molecule has 0 bridgehead atoms. The number of piperidine rings is 1. The lowest BCUT2D eigenvalue weighted by Gasteiger charge is -2.27. The number of carbonyl (C=O) groups is 1. The van der Waals surface area contributed by atoms with Gasteiger partial charge in [-0.2, -0.15) is 8.75 Å². The number of nitrogens with zero attached hydrogens (tertiary/aromatic N) is 3. The fraction of sp³-hybridized carbons (Fsp3) is 0.278. The highest BCUT2D eigenvalue weighted by Crippen LogP contribution is 2.28. The van der Waals surface area contributed by atoms with Gasteiger partial charge in [0.1, 0.15) is 15.9 Å². The van der Waals surface area contributed by atoms with Crippen molar-refractivity contribution in [1.29, 1.82) is 0 Å². The Balaban J connectivity index is 1.71. The summed E-state index contributed by atoms with van der Waals surface area (Å²) < 4.78 is 37.6. The van der Waals surface area contributed by atoms with Crippen molar-refractivity contribution < 1.29 is 13.2 Å². The monoisotopic (exact) mass is 480 g/mol. The number of nitrogens with one attached hydrogen (secondary N) is 1. The lowest BCUT2D eigenvalue weighted by molar-refractivity contribution is 0.0725. The molecular formula is C18H17BrN4O3S2. The molecule has 146 valence electrons. The second-order valence-electron chi connectivity index (χ2n) is 6.54. The molecule has 1 aliphatic heterocycles. The predicted molar refractivity (Wildman–Crippen MR) is 112 cm³/mol. The first-order valence-electron chi connectivity index (χ1n) is 8.79. The van der Waals surface area contributed by atoms with Gasteiger partial charge in [-0.05, 0) is 49.6 Å². The SMILES string of the molecule is O=C(c1cc(Br)ccc1NS(=O)(=O)c1cccc2nsnc12)N1CCCCC1. The van der Waals surface area contributed by atoms with Gasteiger partial charge in [-0.1, -0.05) is 22.0 Å². The van der Waals surface area contributed by atoms with Crippen LogP contribution in [-0.2, 0) is 10.0 Å². The maximum absolute atomic E-state index is 13.0. The number of likely N-dealkylation sites (tertiary alicyclic amines) is 1. The molecule has 7 nitrogen and oxygen atoms in total. The third kappa shape index (κ3) is 3.76. The summed E-state index contributed by atoms with van der Waals surface area (Å²) in [6.45, 7) is 1.36. The molecule has 0 saturated carbocycles. The van der Waals surface area contributed by atoms with E-state index in [4.69, 9.17) is 0 Å². The van der Waals surface area contributed by atoms with Gasteiger partial charge in [0.25, 0.3) is 15.9 Å². The fourth-order valence-corrected chi connectivity index (χ4v) is 5.46. The summed E-state index contributed by atoms with van der Waals surface area (Å²) >= 11 is 4.33. The van der Waals surface area contributed by atoms with Crippen molar-refractivity contribution in [1.82, 2.24) is 13.6 Å². The Morgan fingerprint density at radius 1 is 1.11 bits per heavy atom. The molecule has 3 aromatic rings. The quantitative estimate of drug-likeness (QED) is 0.611. The van der Waals surface area contributed by atoms with E-state index in [1.165, 1.54) is 6.07 Å². The van der Waals surface area contributed by atoms with Crippen LogP contribution in [0.2, 0.25) is 0 Å². The van der Waals surface area contributed by atoms with Crippen LogP contribution in [0.15, 0.2) is 45.8 Å². The van der Waals surface area contributed by atoms with E-state index in [2.05, 4.69) is 29.4 Å². The Bertz CT molecular complexity index is 1140. The minimum Gasteiger partial charge on any atom is -0.339 e. The first kappa shape index (κ1) is 19.3. The lowest BCUT2D eigenvalue weighted by atomic mass is 10.1. The van der Waals surface area contributed by atoms with Crippen LogP contribution >= 0.6 is 27.7 Å². The van der Waals surface area contributed by atoms with Crippen molar-refractivity contribution in [3.63, 3.8) is 0 Å². The molecule has 1 aliphatic rings. The van der Waals surface area contributed by atoms with Gasteiger partial charge in [-0.3, -0.25) is 9.52 Å². The van der Waals surface area contributed by atoms with Crippen LogP contribution in [0.4, 0.5) is 5.69 Å². The van der Waals surface area contributed by atoms with E-state index in [-0.39, 0.29) is 16.5 Å². The summed E-state index contributed by atoms with van der Waals surface area (Å²) in [6.07, 6.45) is 3.02. The topological polar surface area (TPSA) is 92.3 Å². The highest BCUT2D eigenvalue weighted by atomic mass is 79.9. The van der Waals surface area contributed by atoms with Crippen molar-refractivity contribution in [2.24, 2.45) is 0 Å². The third-order valence-corrected chi connectivity index (χ3v) is 7.07. The van der Waals surface area contributed by atoms with Gasteiger partial charge in [0.15, 0.2) is 0 Å². The van der Waals surface area contributed by atoms with Crippen molar-refractivity contribution in [2.75, 3.05) is 17.8 Å². The van der Waals surface area contributed by atoms with Gasteiger partial charge in [0, 0.05) is 17.6 Å². The number of rotatable bonds is 4. The number of benzene rings is 2. The van der Waals surface area contributed by atoms with E-state index in [1.807, 2.05) is 0 Å². The van der Waals surface area contributed by atoms with Crippen molar-refractivity contribution in [3.8, 4) is 0 Å². The zero-order chi connectivity index (χ0) is 19.7. The van der Waals surface area contributed by atoms with E-state index >= 15 is 0 Å². The van der Waals surface area contributed by atoms with Crippen LogP contribution in [0.3, 0.4) is 0 Å². The summed E-state index contributed by atoms with van der Waals surface area (Å²) in [7, 11) is -3.94. The fourth-order valence-electron chi connectivity index (χ4n) is 3.25. The molecule has 0 radical (unpaired) electrons. The number of anilines is 1. The minimum absolute atomic E-state index is 0.0399. The number of amides is 1. The average molecular weight is 481 g/mol. The van der Waals surface area contributed by atoms with Crippen molar-refractivity contribution in [3.05, 3.63) is 46.4 Å². The van der Waals surface area contributed by atoms with Crippen LogP contribution in [0.1, 0.15) is 29.6 Å². The van der Waals surface area contributed by atoms with Gasteiger partial charge in [-0.15, -0.1) is 0 Å². The third-order valence-electron chi connectivity index (χ3n) is 4.64. The molecule has 1 N–H and O–H groups in total. The van der Waals surface area contributed by atoms with Crippen LogP contribution in [0, 0.1) is 0 Å². The largest absolute Gasteiger partial charge is 0.339 e. The van der Waals surface area contributed by atoms with Gasteiger partial charge in [-0.25, -0.2) is 8.42 Å². The van der Waals surface area contributed by atoms with E-state index in [9.17, 15) is 13.2 Å². The van der Waals surface area contributed by atoms with E-state index < -0.39 is 10.0 Å². The van der Waals surface area contributed by atoms with E-state index in [0.29, 0.717) is 34.2 Å². The smallest absolute Gasteiger partial charge is 0.264 e. The number of aromatic nitrogens is 2. The van der Waals surface area contributed by atoms with E-state index in [0.717, 1.165) is 31.0 Å². The number of hydrogen-bond donors (Lipinski definition) is 1. The summed E-state index contributed by atoms with van der Waals surface area (Å²) in [5.74, 6) is -0.174. The molecule has 1 fully saturated rings. The Morgan fingerprint density at radius 3 is 2.68 bits per heavy atom. The molecule has 28 heavy (non-hydrogen) atoms. The molecular weight excluding hydrogens is 464 g/mol. The number of sulfonamides is 1. The number of hydrogen-bond acceptors (Lipinski definition) is 6. The van der Waals surface area contributed by atoms with Crippen LogP contribution < -0.4 is 4.72 Å². The van der Waals surface area contributed by atoms with Crippen LogP contribution in [-0.4, -0.2) is 41.1 Å². The van der Waals surface area contributed by atoms with Gasteiger partial charge in [0.05, 0.1) is 23.0 Å². The normalized spacial score (nSPS) is 15.0. The molecule has 10 heteroatoms. The highest BCUT2D eigenvalue weighted by Gasteiger charge is 2.25. The van der Waals surface area contributed by atoms with E-state index in [1.54, 1.807) is 35.2 Å². The van der Waals surface area contributed by atoms with Gasteiger partial charge >= 0.3 is 0 Å². The van der Waals surface area contributed by atoms with Gasteiger partial charge in [0.2, 0.25) is 0 Å². The maximum Gasteiger partial charge on any atom is 0.264 e. The van der Waals surface area contributed by atoms with Crippen LogP contribution in [0.25, 0.3) is 11.0 Å². The number of halogens is 1. The molecule has 0 unspecified atom stereocenters. The zero-order valence-electron chi connectivity index (χ0n) is 14.8. The maximum atomic E-state index is 13.0. The summed E-state index contributed by atoms with van der Waals surface area (Å²) in [5.41, 5.74) is 1.41. The Hall–Kier alpha value is -2.04. The minimum atomic E-state index is -3.94. The number of carbonyl (C=O) groups excluding carboxylic acids is 1. The molecule has 1 aromatic heterocycles. The van der Waals surface area contributed by atoms with Gasteiger partial charge < -0.3 is 4.90 Å². The second-order valence-corrected chi connectivity index (χ2v) is 9.63. The molecule has 0 aliphatic carbocycles. The number of fused-ring (bicyclic) bond motifs is 1. The molecule has 0 spiro atoms. The Labute approximate surface area is 175 Å². The highest BCUT2D eigenvalue weighted by molar-refractivity contribution is 9.10. The molecule has 4 rings (SSSR count). The Kier molecular flexibility index (Phi) is 5.35. The molecule has 2 aromatic carbocycles. The van der Waals surface area contributed by atoms with Crippen LogP contribution in [0.5, 0.6) is 0 Å². The average Bonchev–Trinajstić information content (AvgIpc) is 3.18. The lowest BCUT2D eigenvalue weighted by Crippen LogP contribution is -2.36. The second kappa shape index (κ2) is 7.76. The summed E-state index contributed by atoms with van der Waals surface area (Å²) in [4.78, 5) is 14.8. The Morgan fingerprint density at radius 2 is 1.89 bits per heavy atom. The van der Waals surface area contributed by atoms with Crippen molar-refractivity contribution >= 4 is 60.3 Å². The predicted octanol–water partition coefficient (Wildman–Crippen LogP) is 3.88. The summed E-state index contributed by atoms with van der Waals surface area (Å²) in [6, 6.07) is 9.77. The molecule has 2 heterocycles. The standard InChI is InChI=1S/C18H17BrN4O3S2/c19-12-7-8-14(13(11-12)18(24)23-9-2-1-3-10-23)22-28(25,26)16-6-4-5-15-17(16)21-27-20-15/h4-8,11,22H,1-3,9-10H2. The summed E-state index contributed by atoms with van der Waals surface area (Å²) in [5, 5.41) is 0. The molecule has 1 saturated heterocycles. The molecule has 0 atom stereocenters.